The van der Waals surface area contributed by atoms with Crippen molar-refractivity contribution < 1.29 is 5.11 Å². The minimum Gasteiger partial charge on any atom is -0.390 e. The molecule has 0 amide bonds. The zero-order chi connectivity index (χ0) is 15.3. The molecule has 114 valence electrons. The summed E-state index contributed by atoms with van der Waals surface area (Å²) in [5, 5.41) is 16.2. The van der Waals surface area contributed by atoms with Crippen LogP contribution >= 0.6 is 11.6 Å². The van der Waals surface area contributed by atoms with E-state index in [1.807, 2.05) is 14.0 Å². The highest BCUT2D eigenvalue weighted by molar-refractivity contribution is 6.30. The van der Waals surface area contributed by atoms with Crippen LogP contribution in [-0.2, 0) is 13.5 Å². The molecule has 1 aliphatic carbocycles. The second-order valence-corrected chi connectivity index (χ2v) is 8.60. The predicted molar refractivity (Wildman–Crippen MR) is 83.0 cm³/mol. The number of aliphatic hydroxyl groups is 1. The third-order valence-corrected chi connectivity index (χ3v) is 4.82. The Morgan fingerprint density at radius 2 is 1.65 bits per heavy atom. The van der Waals surface area contributed by atoms with Gasteiger partial charge in [0.05, 0.1) is 11.3 Å². The summed E-state index contributed by atoms with van der Waals surface area (Å²) in [6.45, 7) is 10.9. The number of aryl methyl sites for hydroxylation is 2. The van der Waals surface area contributed by atoms with Crippen LogP contribution in [0.15, 0.2) is 0 Å². The van der Waals surface area contributed by atoms with Crippen LogP contribution in [0, 0.1) is 17.8 Å². The highest BCUT2D eigenvalue weighted by atomic mass is 35.5. The molecule has 0 radical (unpaired) electrons. The van der Waals surface area contributed by atoms with Crippen molar-refractivity contribution in [1.82, 2.24) is 9.78 Å². The van der Waals surface area contributed by atoms with Crippen LogP contribution in [0.2, 0.25) is 5.15 Å². The van der Waals surface area contributed by atoms with Crippen LogP contribution in [0.5, 0.6) is 0 Å². The Morgan fingerprint density at radius 3 is 2.05 bits per heavy atom. The Bertz CT molecular complexity index is 501. The van der Waals surface area contributed by atoms with Crippen LogP contribution in [0.25, 0.3) is 0 Å². The SMILES string of the molecule is Cc1nn(C)c(Cl)c1CC1(O)CC(C)(C)CC(C)(C)C1. The minimum atomic E-state index is -0.692. The molecule has 4 heteroatoms. The van der Waals surface area contributed by atoms with E-state index in [1.165, 1.54) is 0 Å². The predicted octanol–water partition coefficient (Wildman–Crippen LogP) is 3.89. The zero-order valence-electron chi connectivity index (χ0n) is 13.5. The number of rotatable bonds is 2. The Morgan fingerprint density at radius 1 is 1.15 bits per heavy atom. The van der Waals surface area contributed by atoms with Crippen molar-refractivity contribution in [2.45, 2.75) is 65.9 Å². The van der Waals surface area contributed by atoms with E-state index < -0.39 is 5.60 Å². The highest BCUT2D eigenvalue weighted by Crippen LogP contribution is 2.51. The molecule has 0 saturated heterocycles. The number of hydrogen-bond donors (Lipinski definition) is 1. The van der Waals surface area contributed by atoms with E-state index in [1.54, 1.807) is 4.68 Å². The van der Waals surface area contributed by atoms with Crippen LogP contribution in [0.4, 0.5) is 0 Å². The van der Waals surface area contributed by atoms with Crippen molar-refractivity contribution in [3.63, 3.8) is 0 Å². The first kappa shape index (κ1) is 15.8. The molecule has 20 heavy (non-hydrogen) atoms. The van der Waals surface area contributed by atoms with Gasteiger partial charge < -0.3 is 5.11 Å². The summed E-state index contributed by atoms with van der Waals surface area (Å²) in [7, 11) is 1.84. The van der Waals surface area contributed by atoms with Gasteiger partial charge in [-0.25, -0.2) is 0 Å². The van der Waals surface area contributed by atoms with Crippen LogP contribution in [0.1, 0.15) is 58.2 Å². The van der Waals surface area contributed by atoms with Crippen LogP contribution in [-0.4, -0.2) is 20.5 Å². The number of halogens is 1. The van der Waals surface area contributed by atoms with Gasteiger partial charge in [-0.3, -0.25) is 4.68 Å². The maximum atomic E-state index is 11.2. The van der Waals surface area contributed by atoms with Gasteiger partial charge in [-0.1, -0.05) is 39.3 Å². The van der Waals surface area contributed by atoms with E-state index in [2.05, 4.69) is 32.8 Å². The molecule has 0 spiro atoms. The molecule has 1 saturated carbocycles. The molecule has 1 aliphatic rings. The molecule has 1 aromatic heterocycles. The van der Waals surface area contributed by atoms with Gasteiger partial charge in [-0.05, 0) is 37.0 Å². The molecule has 0 aliphatic heterocycles. The summed E-state index contributed by atoms with van der Waals surface area (Å²) in [5.41, 5.74) is 1.53. The lowest BCUT2D eigenvalue weighted by molar-refractivity contribution is -0.0851. The Hall–Kier alpha value is -0.540. The summed E-state index contributed by atoms with van der Waals surface area (Å²) in [4.78, 5) is 0. The lowest BCUT2D eigenvalue weighted by atomic mass is 9.58. The van der Waals surface area contributed by atoms with Crippen molar-refractivity contribution in [2.24, 2.45) is 17.9 Å². The van der Waals surface area contributed by atoms with E-state index >= 15 is 0 Å². The van der Waals surface area contributed by atoms with E-state index in [9.17, 15) is 5.11 Å². The molecule has 2 rings (SSSR count). The second kappa shape index (κ2) is 4.74. The molecular weight excluding hydrogens is 272 g/mol. The van der Waals surface area contributed by atoms with Gasteiger partial charge in [0.2, 0.25) is 0 Å². The van der Waals surface area contributed by atoms with E-state index in [4.69, 9.17) is 11.6 Å². The van der Waals surface area contributed by atoms with Gasteiger partial charge in [-0.15, -0.1) is 0 Å². The fourth-order valence-electron chi connectivity index (χ4n) is 4.59. The molecule has 0 unspecified atom stereocenters. The lowest BCUT2D eigenvalue weighted by Crippen LogP contribution is -2.47. The Labute approximate surface area is 127 Å². The molecule has 0 bridgehead atoms. The van der Waals surface area contributed by atoms with Crippen LogP contribution in [0.3, 0.4) is 0 Å². The molecule has 1 N–H and O–H groups in total. The largest absolute Gasteiger partial charge is 0.390 e. The monoisotopic (exact) mass is 298 g/mol. The first-order chi connectivity index (χ1) is 8.93. The summed E-state index contributed by atoms with van der Waals surface area (Å²) >= 11 is 6.33. The van der Waals surface area contributed by atoms with Crippen molar-refractivity contribution in [2.75, 3.05) is 0 Å². The molecule has 3 nitrogen and oxygen atoms in total. The third-order valence-electron chi connectivity index (χ3n) is 4.35. The van der Waals surface area contributed by atoms with Crippen molar-refractivity contribution in [3.8, 4) is 0 Å². The third kappa shape index (κ3) is 3.20. The number of aromatic nitrogens is 2. The lowest BCUT2D eigenvalue weighted by Gasteiger charge is -2.49. The van der Waals surface area contributed by atoms with E-state index in [-0.39, 0.29) is 10.8 Å². The normalized spacial score (nSPS) is 23.8. The minimum absolute atomic E-state index is 0.152. The average Bonchev–Trinajstić information content (AvgIpc) is 2.39. The zero-order valence-corrected chi connectivity index (χ0v) is 14.3. The summed E-state index contributed by atoms with van der Waals surface area (Å²) in [6.07, 6.45) is 3.36. The fraction of sp³-hybridized carbons (Fsp3) is 0.812. The maximum Gasteiger partial charge on any atom is 0.130 e. The van der Waals surface area contributed by atoms with Crippen LogP contribution < -0.4 is 0 Å². The van der Waals surface area contributed by atoms with E-state index in [0.29, 0.717) is 11.6 Å². The van der Waals surface area contributed by atoms with Gasteiger partial charge in [0.1, 0.15) is 5.15 Å². The van der Waals surface area contributed by atoms with Gasteiger partial charge >= 0.3 is 0 Å². The smallest absolute Gasteiger partial charge is 0.130 e. The number of nitrogens with zero attached hydrogens (tertiary/aromatic N) is 2. The fourth-order valence-corrected chi connectivity index (χ4v) is 4.83. The molecule has 1 aromatic rings. The molecule has 0 atom stereocenters. The Balaban J connectivity index is 2.31. The topological polar surface area (TPSA) is 38.0 Å². The first-order valence-corrected chi connectivity index (χ1v) is 7.71. The molecular formula is C16H27ClN2O. The van der Waals surface area contributed by atoms with Gasteiger partial charge in [0.25, 0.3) is 0 Å². The summed E-state index contributed by atoms with van der Waals surface area (Å²) in [5.74, 6) is 0. The quantitative estimate of drug-likeness (QED) is 0.899. The van der Waals surface area contributed by atoms with Gasteiger partial charge in [-0.2, -0.15) is 5.10 Å². The van der Waals surface area contributed by atoms with Crippen molar-refractivity contribution >= 4 is 11.6 Å². The maximum absolute atomic E-state index is 11.2. The second-order valence-electron chi connectivity index (χ2n) is 8.24. The molecule has 0 aromatic carbocycles. The van der Waals surface area contributed by atoms with E-state index in [0.717, 1.165) is 30.5 Å². The highest BCUT2D eigenvalue weighted by Gasteiger charge is 2.46. The van der Waals surface area contributed by atoms with Crippen molar-refractivity contribution in [1.29, 1.82) is 0 Å². The number of hydrogen-bond acceptors (Lipinski definition) is 2. The standard InChI is InChI=1S/C16H27ClN2O/c1-11-12(13(17)19(6)18-11)7-16(20)9-14(2,3)8-15(4,5)10-16/h20H,7-10H2,1-6H3. The summed E-state index contributed by atoms with van der Waals surface area (Å²) in [6, 6.07) is 0. The van der Waals surface area contributed by atoms with Gasteiger partial charge in [0.15, 0.2) is 0 Å². The summed E-state index contributed by atoms with van der Waals surface area (Å²) < 4.78 is 1.69. The van der Waals surface area contributed by atoms with Gasteiger partial charge in [0, 0.05) is 19.0 Å². The molecule has 1 fully saturated rings. The molecule has 1 heterocycles. The average molecular weight is 299 g/mol. The Kier molecular flexibility index (Phi) is 3.75. The van der Waals surface area contributed by atoms with Crippen molar-refractivity contribution in [3.05, 3.63) is 16.4 Å². The first-order valence-electron chi connectivity index (χ1n) is 7.34.